The number of ether oxygens (including phenoxy) is 1. The van der Waals surface area contributed by atoms with Crippen LogP contribution in [0.25, 0.3) is 0 Å². The SMILES string of the molecule is CC(NC(=O)CN1CCOCC1)c1ccc(Cl)c(Cl)c1. The number of morpholine rings is 1. The number of nitrogens with zero attached hydrogens (tertiary/aromatic N) is 1. The standard InChI is InChI=1S/C14H18Cl2N2O2/c1-10(11-2-3-12(15)13(16)8-11)17-14(19)9-18-4-6-20-7-5-18/h2-3,8,10H,4-7,9H2,1H3,(H,17,19). The lowest BCUT2D eigenvalue weighted by Crippen LogP contribution is -2.43. The monoisotopic (exact) mass is 316 g/mol. The molecule has 1 N–H and O–H groups in total. The van der Waals surface area contributed by atoms with Gasteiger partial charge in [-0.1, -0.05) is 29.3 Å². The number of hydrogen-bond acceptors (Lipinski definition) is 3. The fourth-order valence-corrected chi connectivity index (χ4v) is 2.42. The Morgan fingerprint density at radius 3 is 2.70 bits per heavy atom. The van der Waals surface area contributed by atoms with E-state index >= 15 is 0 Å². The Balaban J connectivity index is 1.87. The molecule has 4 nitrogen and oxygen atoms in total. The lowest BCUT2D eigenvalue weighted by Gasteiger charge is -2.26. The third kappa shape index (κ3) is 4.35. The molecule has 0 aliphatic carbocycles. The van der Waals surface area contributed by atoms with Gasteiger partial charge in [-0.15, -0.1) is 0 Å². The lowest BCUT2D eigenvalue weighted by atomic mass is 10.1. The van der Waals surface area contributed by atoms with Gasteiger partial charge >= 0.3 is 0 Å². The van der Waals surface area contributed by atoms with Crippen LogP contribution in [-0.4, -0.2) is 43.7 Å². The number of rotatable bonds is 4. The summed E-state index contributed by atoms with van der Waals surface area (Å²) in [6, 6.07) is 5.29. The van der Waals surface area contributed by atoms with Gasteiger partial charge in [0.2, 0.25) is 5.91 Å². The summed E-state index contributed by atoms with van der Waals surface area (Å²) in [5.41, 5.74) is 0.940. The van der Waals surface area contributed by atoms with Crippen molar-refractivity contribution >= 4 is 29.1 Å². The summed E-state index contributed by atoms with van der Waals surface area (Å²) in [4.78, 5) is 14.1. The van der Waals surface area contributed by atoms with Gasteiger partial charge in [0.05, 0.1) is 35.8 Å². The lowest BCUT2D eigenvalue weighted by molar-refractivity contribution is -0.123. The number of nitrogens with one attached hydrogen (secondary N) is 1. The van der Waals surface area contributed by atoms with E-state index in [1.165, 1.54) is 0 Å². The van der Waals surface area contributed by atoms with Crippen molar-refractivity contribution in [2.45, 2.75) is 13.0 Å². The number of carbonyl (C=O) groups excluding carboxylic acids is 1. The summed E-state index contributed by atoms with van der Waals surface area (Å²) in [6.07, 6.45) is 0. The van der Waals surface area contributed by atoms with Crippen molar-refractivity contribution in [2.24, 2.45) is 0 Å². The maximum absolute atomic E-state index is 12.0. The molecule has 1 heterocycles. The normalized spacial score (nSPS) is 17.8. The first-order chi connectivity index (χ1) is 9.56. The molecule has 1 unspecified atom stereocenters. The third-order valence-corrected chi connectivity index (χ3v) is 4.03. The van der Waals surface area contributed by atoms with Gasteiger partial charge in [0, 0.05) is 13.1 Å². The molecule has 20 heavy (non-hydrogen) atoms. The van der Waals surface area contributed by atoms with Gasteiger partial charge in [0.25, 0.3) is 0 Å². The second kappa shape index (κ2) is 7.27. The van der Waals surface area contributed by atoms with Crippen molar-refractivity contribution in [3.05, 3.63) is 33.8 Å². The van der Waals surface area contributed by atoms with E-state index in [0.29, 0.717) is 29.8 Å². The average molecular weight is 317 g/mol. The average Bonchev–Trinajstić information content (AvgIpc) is 2.42. The van der Waals surface area contributed by atoms with Crippen molar-refractivity contribution < 1.29 is 9.53 Å². The molecule has 1 aromatic carbocycles. The first-order valence-corrected chi connectivity index (χ1v) is 7.36. The first kappa shape index (κ1) is 15.6. The minimum Gasteiger partial charge on any atom is -0.379 e. The number of amides is 1. The summed E-state index contributed by atoms with van der Waals surface area (Å²) in [6.45, 7) is 5.31. The molecule has 110 valence electrons. The summed E-state index contributed by atoms with van der Waals surface area (Å²) in [5, 5.41) is 3.98. The summed E-state index contributed by atoms with van der Waals surface area (Å²) >= 11 is 11.9. The van der Waals surface area contributed by atoms with E-state index < -0.39 is 0 Å². The zero-order chi connectivity index (χ0) is 14.5. The highest BCUT2D eigenvalue weighted by Gasteiger charge is 2.16. The fraction of sp³-hybridized carbons (Fsp3) is 0.500. The van der Waals surface area contributed by atoms with Gasteiger partial charge in [-0.25, -0.2) is 0 Å². The maximum atomic E-state index is 12.0. The second-order valence-electron chi connectivity index (χ2n) is 4.85. The molecule has 0 aromatic heterocycles. The van der Waals surface area contributed by atoms with Crippen LogP contribution in [0.3, 0.4) is 0 Å². The van der Waals surface area contributed by atoms with E-state index in [4.69, 9.17) is 27.9 Å². The third-order valence-electron chi connectivity index (χ3n) is 3.29. The molecule has 0 spiro atoms. The Morgan fingerprint density at radius 2 is 2.05 bits per heavy atom. The van der Waals surface area contributed by atoms with E-state index in [2.05, 4.69) is 10.2 Å². The maximum Gasteiger partial charge on any atom is 0.234 e. The van der Waals surface area contributed by atoms with E-state index in [1.807, 2.05) is 13.0 Å². The predicted octanol–water partition coefficient (Wildman–Crippen LogP) is 2.50. The first-order valence-electron chi connectivity index (χ1n) is 6.60. The topological polar surface area (TPSA) is 41.6 Å². The van der Waals surface area contributed by atoms with E-state index in [0.717, 1.165) is 18.7 Å². The van der Waals surface area contributed by atoms with Gasteiger partial charge < -0.3 is 10.1 Å². The molecule has 1 atom stereocenters. The highest BCUT2D eigenvalue weighted by atomic mass is 35.5. The highest BCUT2D eigenvalue weighted by Crippen LogP contribution is 2.25. The number of benzene rings is 1. The van der Waals surface area contributed by atoms with Crippen molar-refractivity contribution in [1.82, 2.24) is 10.2 Å². The molecule has 0 radical (unpaired) electrons. The minimum atomic E-state index is -0.0988. The van der Waals surface area contributed by atoms with Crippen molar-refractivity contribution in [1.29, 1.82) is 0 Å². The van der Waals surface area contributed by atoms with Crippen LogP contribution in [0.2, 0.25) is 10.0 Å². The highest BCUT2D eigenvalue weighted by molar-refractivity contribution is 6.42. The Bertz CT molecular complexity index is 476. The molecule has 1 aromatic rings. The molecule has 0 bridgehead atoms. The summed E-state index contributed by atoms with van der Waals surface area (Å²) in [7, 11) is 0. The molecule has 1 aliphatic rings. The van der Waals surface area contributed by atoms with Crippen LogP contribution >= 0.6 is 23.2 Å². The van der Waals surface area contributed by atoms with Crippen LogP contribution in [0.5, 0.6) is 0 Å². The molecule has 2 rings (SSSR count). The summed E-state index contributed by atoms with van der Waals surface area (Å²) < 4.78 is 5.26. The van der Waals surface area contributed by atoms with Gasteiger partial charge in [-0.2, -0.15) is 0 Å². The minimum absolute atomic E-state index is 0.00507. The molecule has 0 saturated carbocycles. The van der Waals surface area contributed by atoms with E-state index in [9.17, 15) is 4.79 Å². The van der Waals surface area contributed by atoms with Crippen LogP contribution in [-0.2, 0) is 9.53 Å². The molecule has 6 heteroatoms. The van der Waals surface area contributed by atoms with E-state index in [-0.39, 0.29) is 11.9 Å². The van der Waals surface area contributed by atoms with Gasteiger partial charge in [0.1, 0.15) is 0 Å². The molecule has 1 saturated heterocycles. The van der Waals surface area contributed by atoms with Crippen LogP contribution < -0.4 is 5.32 Å². The summed E-state index contributed by atoms with van der Waals surface area (Å²) in [5.74, 6) is 0.00507. The number of halogens is 2. The van der Waals surface area contributed by atoms with Crippen LogP contribution in [0.15, 0.2) is 18.2 Å². The fourth-order valence-electron chi connectivity index (χ4n) is 2.11. The number of carbonyl (C=O) groups is 1. The Morgan fingerprint density at radius 1 is 1.35 bits per heavy atom. The quantitative estimate of drug-likeness (QED) is 0.928. The smallest absolute Gasteiger partial charge is 0.234 e. The van der Waals surface area contributed by atoms with Crippen molar-refractivity contribution in [3.63, 3.8) is 0 Å². The molecule has 1 fully saturated rings. The van der Waals surface area contributed by atoms with Gasteiger partial charge in [-0.3, -0.25) is 9.69 Å². The molecule has 1 aliphatic heterocycles. The number of hydrogen-bond donors (Lipinski definition) is 1. The Kier molecular flexibility index (Phi) is 5.66. The zero-order valence-corrected chi connectivity index (χ0v) is 12.9. The predicted molar refractivity (Wildman–Crippen MR) is 80.3 cm³/mol. The molecular formula is C14H18Cl2N2O2. The van der Waals surface area contributed by atoms with Crippen LogP contribution in [0.4, 0.5) is 0 Å². The van der Waals surface area contributed by atoms with Crippen LogP contribution in [0, 0.1) is 0 Å². The zero-order valence-electron chi connectivity index (χ0n) is 11.4. The molecular weight excluding hydrogens is 299 g/mol. The Hall–Kier alpha value is -0.810. The van der Waals surface area contributed by atoms with E-state index in [1.54, 1.807) is 12.1 Å². The van der Waals surface area contributed by atoms with Gasteiger partial charge in [-0.05, 0) is 24.6 Å². The van der Waals surface area contributed by atoms with Crippen molar-refractivity contribution in [2.75, 3.05) is 32.8 Å². The second-order valence-corrected chi connectivity index (χ2v) is 5.67. The largest absolute Gasteiger partial charge is 0.379 e. The molecule has 1 amide bonds. The Labute approximate surface area is 129 Å². The van der Waals surface area contributed by atoms with Crippen LogP contribution in [0.1, 0.15) is 18.5 Å². The van der Waals surface area contributed by atoms with Gasteiger partial charge in [0.15, 0.2) is 0 Å². The van der Waals surface area contributed by atoms with Crippen molar-refractivity contribution in [3.8, 4) is 0 Å².